The van der Waals surface area contributed by atoms with Crippen LogP contribution in [-0.2, 0) is 0 Å². The number of hydrogen-bond acceptors (Lipinski definition) is 4. The summed E-state index contributed by atoms with van der Waals surface area (Å²) in [5.74, 6) is 1.63. The Kier molecular flexibility index (Phi) is 4.93. The van der Waals surface area contributed by atoms with E-state index < -0.39 is 5.91 Å². The molecule has 2 amide bonds. The highest BCUT2D eigenvalue weighted by Gasteiger charge is 2.18. The molecule has 3 rings (SSSR count). The Balaban J connectivity index is 1.70. The van der Waals surface area contributed by atoms with E-state index in [-0.39, 0.29) is 5.91 Å². The zero-order valence-electron chi connectivity index (χ0n) is 12.3. The monoisotopic (exact) mass is 344 g/mol. The lowest BCUT2D eigenvalue weighted by Crippen LogP contribution is -2.14. The number of carbonyl (C=O) groups excluding carboxylic acids is 2. The molecule has 0 radical (unpaired) electrons. The average Bonchev–Trinajstić information content (AvgIpc) is 3.09. The number of amides is 2. The Morgan fingerprint density at radius 3 is 2.35 bits per heavy atom. The number of nitrogens with one attached hydrogen (secondary N) is 1. The van der Waals surface area contributed by atoms with Gasteiger partial charge in [0.25, 0.3) is 5.91 Å². The molecule has 0 saturated carbocycles. The Hall–Kier alpha value is -1.92. The number of benzene rings is 2. The van der Waals surface area contributed by atoms with Crippen molar-refractivity contribution in [1.29, 1.82) is 0 Å². The van der Waals surface area contributed by atoms with Gasteiger partial charge in [-0.25, -0.2) is 0 Å². The van der Waals surface area contributed by atoms with Crippen molar-refractivity contribution in [3.05, 3.63) is 65.2 Å². The SMILES string of the molecule is NC(=O)c1cccc(NC(=O)c2ccc(C3SCCS3)cc2)c1. The van der Waals surface area contributed by atoms with Crippen LogP contribution < -0.4 is 11.1 Å². The van der Waals surface area contributed by atoms with Gasteiger partial charge in [-0.15, -0.1) is 23.5 Å². The fourth-order valence-corrected chi connectivity index (χ4v) is 5.16. The molecular formula is C17H16N2O2S2. The van der Waals surface area contributed by atoms with Crippen molar-refractivity contribution < 1.29 is 9.59 Å². The molecule has 1 aliphatic heterocycles. The van der Waals surface area contributed by atoms with Crippen LogP contribution in [0.3, 0.4) is 0 Å². The number of anilines is 1. The highest BCUT2D eigenvalue weighted by molar-refractivity contribution is 8.19. The molecule has 0 aromatic heterocycles. The third-order valence-corrected chi connectivity index (χ3v) is 6.58. The Bertz CT molecular complexity index is 726. The molecule has 3 N–H and O–H groups in total. The van der Waals surface area contributed by atoms with Gasteiger partial charge in [0.1, 0.15) is 0 Å². The molecule has 2 aromatic rings. The Morgan fingerprint density at radius 2 is 1.70 bits per heavy atom. The molecule has 2 aromatic carbocycles. The van der Waals surface area contributed by atoms with E-state index in [4.69, 9.17) is 5.73 Å². The van der Waals surface area contributed by atoms with Gasteiger partial charge in [0, 0.05) is 28.3 Å². The number of hydrogen-bond donors (Lipinski definition) is 2. The largest absolute Gasteiger partial charge is 0.366 e. The van der Waals surface area contributed by atoms with Crippen molar-refractivity contribution in [2.75, 3.05) is 16.8 Å². The van der Waals surface area contributed by atoms with Crippen LogP contribution in [0.25, 0.3) is 0 Å². The van der Waals surface area contributed by atoms with Gasteiger partial charge in [-0.2, -0.15) is 0 Å². The highest BCUT2D eigenvalue weighted by atomic mass is 32.2. The fraction of sp³-hybridized carbons (Fsp3) is 0.176. The van der Waals surface area contributed by atoms with E-state index in [9.17, 15) is 9.59 Å². The van der Waals surface area contributed by atoms with E-state index in [0.717, 1.165) is 0 Å². The third kappa shape index (κ3) is 3.89. The quantitative estimate of drug-likeness (QED) is 0.890. The first-order valence-electron chi connectivity index (χ1n) is 7.18. The van der Waals surface area contributed by atoms with Crippen molar-refractivity contribution in [3.8, 4) is 0 Å². The number of nitrogens with two attached hydrogens (primary N) is 1. The van der Waals surface area contributed by atoms with Crippen molar-refractivity contribution in [2.24, 2.45) is 5.73 Å². The van der Waals surface area contributed by atoms with Crippen LogP contribution in [0.1, 0.15) is 30.9 Å². The molecule has 1 aliphatic rings. The molecule has 1 heterocycles. The third-order valence-electron chi connectivity index (χ3n) is 3.47. The summed E-state index contributed by atoms with van der Waals surface area (Å²) < 4.78 is 0.472. The smallest absolute Gasteiger partial charge is 0.255 e. The Morgan fingerprint density at radius 1 is 1.00 bits per heavy atom. The van der Waals surface area contributed by atoms with E-state index in [1.807, 2.05) is 47.8 Å². The predicted octanol–water partition coefficient (Wildman–Crippen LogP) is 3.52. The molecule has 0 spiro atoms. The maximum Gasteiger partial charge on any atom is 0.255 e. The second kappa shape index (κ2) is 7.10. The lowest BCUT2D eigenvalue weighted by atomic mass is 10.1. The molecule has 118 valence electrons. The first-order valence-corrected chi connectivity index (χ1v) is 9.27. The minimum Gasteiger partial charge on any atom is -0.366 e. The van der Waals surface area contributed by atoms with Crippen LogP contribution >= 0.6 is 23.5 Å². The van der Waals surface area contributed by atoms with Crippen LogP contribution in [0, 0.1) is 0 Å². The van der Waals surface area contributed by atoms with Crippen molar-refractivity contribution in [1.82, 2.24) is 0 Å². The van der Waals surface area contributed by atoms with Crippen LogP contribution in [0.5, 0.6) is 0 Å². The summed E-state index contributed by atoms with van der Waals surface area (Å²) in [6.45, 7) is 0. The van der Waals surface area contributed by atoms with E-state index in [2.05, 4.69) is 5.32 Å². The fourth-order valence-electron chi connectivity index (χ4n) is 2.30. The molecule has 0 aliphatic carbocycles. The first kappa shape index (κ1) is 16.0. The van der Waals surface area contributed by atoms with Gasteiger partial charge >= 0.3 is 0 Å². The minimum atomic E-state index is -0.517. The topological polar surface area (TPSA) is 72.2 Å². The van der Waals surface area contributed by atoms with Gasteiger partial charge in [-0.1, -0.05) is 18.2 Å². The molecule has 0 unspecified atom stereocenters. The molecule has 4 nitrogen and oxygen atoms in total. The average molecular weight is 344 g/mol. The second-order valence-electron chi connectivity index (χ2n) is 5.09. The molecular weight excluding hydrogens is 328 g/mol. The van der Waals surface area contributed by atoms with E-state index in [0.29, 0.717) is 21.4 Å². The zero-order chi connectivity index (χ0) is 16.2. The van der Waals surface area contributed by atoms with Gasteiger partial charge in [0.2, 0.25) is 5.91 Å². The van der Waals surface area contributed by atoms with Crippen LogP contribution in [-0.4, -0.2) is 23.3 Å². The summed E-state index contributed by atoms with van der Waals surface area (Å²) in [6.07, 6.45) is 0. The minimum absolute atomic E-state index is 0.204. The van der Waals surface area contributed by atoms with Crippen molar-refractivity contribution in [2.45, 2.75) is 4.58 Å². The molecule has 23 heavy (non-hydrogen) atoms. The predicted molar refractivity (Wildman–Crippen MR) is 97.0 cm³/mol. The lowest BCUT2D eigenvalue weighted by molar-refractivity contribution is 0.0996. The van der Waals surface area contributed by atoms with Gasteiger partial charge in [0.15, 0.2) is 0 Å². The normalized spacial score (nSPS) is 14.6. The van der Waals surface area contributed by atoms with E-state index >= 15 is 0 Å². The molecule has 0 bridgehead atoms. The van der Waals surface area contributed by atoms with Crippen LogP contribution in [0.2, 0.25) is 0 Å². The van der Waals surface area contributed by atoms with Crippen LogP contribution in [0.4, 0.5) is 5.69 Å². The summed E-state index contributed by atoms with van der Waals surface area (Å²) in [5.41, 5.74) is 8.00. The number of thioether (sulfide) groups is 2. The van der Waals surface area contributed by atoms with Gasteiger partial charge < -0.3 is 11.1 Å². The second-order valence-corrected chi connectivity index (χ2v) is 7.82. The first-order chi connectivity index (χ1) is 11.1. The molecule has 0 atom stereocenters. The highest BCUT2D eigenvalue weighted by Crippen LogP contribution is 2.45. The molecule has 1 fully saturated rings. The Labute approximate surface area is 143 Å². The summed E-state index contributed by atoms with van der Waals surface area (Å²) in [6, 6.07) is 14.3. The molecule has 1 saturated heterocycles. The van der Waals surface area contributed by atoms with Crippen molar-refractivity contribution in [3.63, 3.8) is 0 Å². The molecule has 6 heteroatoms. The van der Waals surface area contributed by atoms with Gasteiger partial charge in [-0.05, 0) is 35.9 Å². The van der Waals surface area contributed by atoms with Gasteiger partial charge in [0.05, 0.1) is 4.58 Å². The summed E-state index contributed by atoms with van der Waals surface area (Å²) in [7, 11) is 0. The summed E-state index contributed by atoms with van der Waals surface area (Å²) >= 11 is 3.87. The summed E-state index contributed by atoms with van der Waals surface area (Å²) in [4.78, 5) is 23.5. The van der Waals surface area contributed by atoms with Crippen LogP contribution in [0.15, 0.2) is 48.5 Å². The summed E-state index contributed by atoms with van der Waals surface area (Å²) in [5, 5.41) is 2.79. The zero-order valence-corrected chi connectivity index (χ0v) is 14.0. The number of carbonyl (C=O) groups is 2. The van der Waals surface area contributed by atoms with E-state index in [1.54, 1.807) is 24.3 Å². The van der Waals surface area contributed by atoms with E-state index in [1.165, 1.54) is 17.1 Å². The lowest BCUT2D eigenvalue weighted by Gasteiger charge is -2.10. The number of rotatable bonds is 4. The maximum absolute atomic E-state index is 12.3. The number of primary amides is 1. The standard InChI is InChI=1S/C17H16N2O2S2/c18-15(20)13-2-1-3-14(10-13)19-16(21)11-4-6-12(7-5-11)17-22-8-9-23-17/h1-7,10,17H,8-9H2,(H2,18,20)(H,19,21). The van der Waals surface area contributed by atoms with Gasteiger partial charge in [-0.3, -0.25) is 9.59 Å². The van der Waals surface area contributed by atoms with Crippen molar-refractivity contribution >= 4 is 41.0 Å². The maximum atomic E-state index is 12.3.